The smallest absolute Gasteiger partial charge is 0.295 e. The summed E-state index contributed by atoms with van der Waals surface area (Å²) in [6, 6.07) is 6.54. The number of nitrogens with zero attached hydrogens (tertiary/aromatic N) is 3. The Morgan fingerprint density at radius 1 is 1.18 bits per heavy atom. The van der Waals surface area contributed by atoms with Crippen LogP contribution in [0.15, 0.2) is 29.8 Å². The number of Topliss-reactive ketones (excluding diaryl/α,β-unsaturated/α-hetero) is 1. The number of aliphatic hydroxyl groups excluding tert-OH is 1. The van der Waals surface area contributed by atoms with Crippen molar-refractivity contribution < 1.29 is 24.2 Å². The molecule has 0 bridgehead atoms. The van der Waals surface area contributed by atoms with Gasteiger partial charge in [0.2, 0.25) is 0 Å². The number of nitrogens with one attached hydrogen (secondary N) is 1. The lowest BCUT2D eigenvalue weighted by Gasteiger charge is -2.29. The van der Waals surface area contributed by atoms with Crippen molar-refractivity contribution >= 4 is 17.4 Å². The average molecular weight is 455 g/mol. The zero-order valence-electron chi connectivity index (χ0n) is 19.3. The molecule has 3 heterocycles. The van der Waals surface area contributed by atoms with E-state index in [4.69, 9.17) is 9.47 Å². The van der Waals surface area contributed by atoms with Crippen LogP contribution in [0.2, 0.25) is 0 Å². The number of ether oxygens (including phenoxy) is 2. The van der Waals surface area contributed by atoms with Crippen LogP contribution in [0.1, 0.15) is 35.0 Å². The third-order valence-electron chi connectivity index (χ3n) is 6.31. The van der Waals surface area contributed by atoms with Gasteiger partial charge in [-0.25, -0.2) is 0 Å². The third kappa shape index (κ3) is 4.51. The molecule has 9 heteroatoms. The van der Waals surface area contributed by atoms with Crippen molar-refractivity contribution in [1.29, 1.82) is 0 Å². The fourth-order valence-corrected chi connectivity index (χ4v) is 4.57. The van der Waals surface area contributed by atoms with Gasteiger partial charge < -0.3 is 19.5 Å². The van der Waals surface area contributed by atoms with Crippen molar-refractivity contribution in [2.45, 2.75) is 26.3 Å². The highest BCUT2D eigenvalue weighted by Gasteiger charge is 2.46. The molecule has 176 valence electrons. The van der Waals surface area contributed by atoms with Gasteiger partial charge in [0.15, 0.2) is 0 Å². The van der Waals surface area contributed by atoms with E-state index < -0.39 is 17.7 Å². The van der Waals surface area contributed by atoms with Gasteiger partial charge in [-0.05, 0) is 38.0 Å². The molecule has 9 nitrogen and oxygen atoms in total. The van der Waals surface area contributed by atoms with Gasteiger partial charge in [-0.15, -0.1) is 0 Å². The molecule has 33 heavy (non-hydrogen) atoms. The summed E-state index contributed by atoms with van der Waals surface area (Å²) in [7, 11) is 1.58. The van der Waals surface area contributed by atoms with Crippen LogP contribution >= 0.6 is 0 Å². The van der Waals surface area contributed by atoms with E-state index in [0.717, 1.165) is 25.2 Å². The minimum atomic E-state index is -0.686. The number of H-pyrrole nitrogens is 1. The third-order valence-corrected chi connectivity index (χ3v) is 6.31. The van der Waals surface area contributed by atoms with Crippen molar-refractivity contribution in [3.63, 3.8) is 0 Å². The van der Waals surface area contributed by atoms with E-state index in [2.05, 4.69) is 15.1 Å². The Hall–Kier alpha value is -3.17. The maximum Gasteiger partial charge on any atom is 0.295 e. The Bertz CT molecular complexity index is 1030. The van der Waals surface area contributed by atoms with Crippen LogP contribution in [-0.4, -0.2) is 83.3 Å². The lowest BCUT2D eigenvalue weighted by Crippen LogP contribution is -2.38. The molecule has 0 spiro atoms. The number of ketones is 1. The van der Waals surface area contributed by atoms with Crippen LogP contribution in [0.5, 0.6) is 5.75 Å². The van der Waals surface area contributed by atoms with Crippen LogP contribution in [0.4, 0.5) is 0 Å². The first kappa shape index (κ1) is 23.0. The number of hydrogen-bond acceptors (Lipinski definition) is 7. The Morgan fingerprint density at radius 3 is 2.48 bits per heavy atom. The summed E-state index contributed by atoms with van der Waals surface area (Å²) in [4.78, 5) is 30.1. The van der Waals surface area contributed by atoms with Crippen LogP contribution in [-0.2, 0) is 14.3 Å². The maximum absolute atomic E-state index is 13.2. The average Bonchev–Trinajstić information content (AvgIpc) is 3.30. The normalized spacial score (nSPS) is 21.1. The minimum absolute atomic E-state index is 0.0872. The van der Waals surface area contributed by atoms with E-state index in [1.807, 2.05) is 12.1 Å². The quantitative estimate of drug-likeness (QED) is 0.375. The molecular weight excluding hydrogens is 424 g/mol. The van der Waals surface area contributed by atoms with E-state index in [9.17, 15) is 14.7 Å². The predicted octanol–water partition coefficient (Wildman–Crippen LogP) is 2.18. The van der Waals surface area contributed by atoms with Crippen molar-refractivity contribution in [2.75, 3.05) is 46.5 Å². The number of hydrogen-bond donors (Lipinski definition) is 2. The number of amides is 1. The van der Waals surface area contributed by atoms with Gasteiger partial charge in [-0.2, -0.15) is 5.10 Å². The number of aliphatic hydroxyl groups is 1. The molecular formula is C24H30N4O5. The molecule has 0 saturated carbocycles. The minimum Gasteiger partial charge on any atom is -0.507 e. The largest absolute Gasteiger partial charge is 0.507 e. The first-order valence-electron chi connectivity index (χ1n) is 11.2. The lowest BCUT2D eigenvalue weighted by atomic mass is 9.94. The number of aromatic nitrogens is 2. The molecule has 0 unspecified atom stereocenters. The molecule has 1 amide bonds. The number of aryl methyl sites for hydroxylation is 2. The maximum atomic E-state index is 13.2. The molecule has 0 radical (unpaired) electrons. The molecule has 2 aliphatic heterocycles. The Morgan fingerprint density at radius 2 is 1.88 bits per heavy atom. The van der Waals surface area contributed by atoms with Gasteiger partial charge in [-0.3, -0.25) is 19.6 Å². The topological polar surface area (TPSA) is 108 Å². The number of likely N-dealkylation sites (tertiary alicyclic amines) is 1. The highest BCUT2D eigenvalue weighted by molar-refractivity contribution is 6.46. The summed E-state index contributed by atoms with van der Waals surface area (Å²) in [6.07, 6.45) is 0.712. The number of aromatic amines is 1. The van der Waals surface area contributed by atoms with E-state index in [1.165, 1.54) is 0 Å². The summed E-state index contributed by atoms with van der Waals surface area (Å²) in [5.41, 5.74) is 2.49. The molecule has 1 aromatic heterocycles. The first-order chi connectivity index (χ1) is 15.9. The Labute approximate surface area is 193 Å². The van der Waals surface area contributed by atoms with E-state index in [0.29, 0.717) is 48.9 Å². The fraction of sp³-hybridized carbons (Fsp3) is 0.458. The second-order valence-corrected chi connectivity index (χ2v) is 8.38. The van der Waals surface area contributed by atoms with Crippen LogP contribution < -0.4 is 4.74 Å². The second-order valence-electron chi connectivity index (χ2n) is 8.38. The fourth-order valence-electron chi connectivity index (χ4n) is 4.57. The zero-order chi connectivity index (χ0) is 23.5. The van der Waals surface area contributed by atoms with Crippen molar-refractivity contribution in [3.05, 3.63) is 52.4 Å². The number of carbonyl (C=O) groups excluding carboxylic acids is 2. The van der Waals surface area contributed by atoms with Gasteiger partial charge in [0, 0.05) is 31.9 Å². The highest BCUT2D eigenvalue weighted by Crippen LogP contribution is 2.40. The van der Waals surface area contributed by atoms with Gasteiger partial charge >= 0.3 is 0 Å². The highest BCUT2D eigenvalue weighted by atomic mass is 16.5. The molecule has 2 fully saturated rings. The SMILES string of the molecule is COc1ccc([C@@H]2/C(=C(\O)c3c(C)n[nH]c3C)C(=O)C(=O)N2CCCN2CCOCC2)cc1. The summed E-state index contributed by atoms with van der Waals surface area (Å²) in [6.45, 7) is 7.87. The van der Waals surface area contributed by atoms with Crippen LogP contribution in [0.25, 0.3) is 5.76 Å². The van der Waals surface area contributed by atoms with Gasteiger partial charge in [0.25, 0.3) is 11.7 Å². The lowest BCUT2D eigenvalue weighted by molar-refractivity contribution is -0.140. The Balaban J connectivity index is 1.69. The summed E-state index contributed by atoms with van der Waals surface area (Å²) in [5, 5.41) is 18.2. The van der Waals surface area contributed by atoms with E-state index in [-0.39, 0.29) is 11.3 Å². The second kappa shape index (κ2) is 9.76. The first-order valence-corrected chi connectivity index (χ1v) is 11.2. The van der Waals surface area contributed by atoms with E-state index >= 15 is 0 Å². The summed E-state index contributed by atoms with van der Waals surface area (Å²) >= 11 is 0. The van der Waals surface area contributed by atoms with Crippen molar-refractivity contribution in [2.24, 2.45) is 0 Å². The number of methoxy groups -OCH3 is 1. The molecule has 1 atom stereocenters. The standard InChI is InChI=1S/C24H30N4O5/c1-15-19(16(2)26-25-15)22(29)20-21(17-5-7-18(32-3)8-6-17)28(24(31)23(20)30)10-4-9-27-11-13-33-14-12-27/h5-8,21,29H,4,9-14H2,1-3H3,(H,25,26)/b22-20+/t21-/m1/s1. The molecule has 2 saturated heterocycles. The molecule has 4 rings (SSSR count). The predicted molar refractivity (Wildman–Crippen MR) is 122 cm³/mol. The molecule has 2 aliphatic rings. The van der Waals surface area contributed by atoms with Crippen LogP contribution in [0.3, 0.4) is 0 Å². The molecule has 1 aromatic carbocycles. The van der Waals surface area contributed by atoms with Gasteiger partial charge in [-0.1, -0.05) is 12.1 Å². The number of morpholine rings is 1. The number of carbonyl (C=O) groups is 2. The van der Waals surface area contributed by atoms with Crippen LogP contribution in [0, 0.1) is 13.8 Å². The summed E-state index contributed by atoms with van der Waals surface area (Å²) in [5.74, 6) is -0.809. The molecule has 2 N–H and O–H groups in total. The molecule has 2 aromatic rings. The number of benzene rings is 1. The Kier molecular flexibility index (Phi) is 6.80. The van der Waals surface area contributed by atoms with Gasteiger partial charge in [0.05, 0.1) is 43.2 Å². The monoisotopic (exact) mass is 454 g/mol. The van der Waals surface area contributed by atoms with Crippen molar-refractivity contribution in [1.82, 2.24) is 20.0 Å². The van der Waals surface area contributed by atoms with Gasteiger partial charge in [0.1, 0.15) is 11.5 Å². The van der Waals surface area contributed by atoms with E-state index in [1.54, 1.807) is 38.0 Å². The number of rotatable bonds is 7. The zero-order valence-corrected chi connectivity index (χ0v) is 19.3. The summed E-state index contributed by atoms with van der Waals surface area (Å²) < 4.78 is 10.7. The molecule has 0 aliphatic carbocycles. The van der Waals surface area contributed by atoms with Crippen molar-refractivity contribution in [3.8, 4) is 5.75 Å².